The van der Waals surface area contributed by atoms with Crippen LogP contribution in [0.2, 0.25) is 10.0 Å². The van der Waals surface area contributed by atoms with Crippen LogP contribution >= 0.6 is 35.0 Å². The average Bonchev–Trinajstić information content (AvgIpc) is 3.02. The number of thioether (sulfide) groups is 1. The molecule has 0 saturated heterocycles. The molecule has 0 aliphatic carbocycles. The number of benzene rings is 1. The van der Waals surface area contributed by atoms with Crippen molar-refractivity contribution in [1.29, 1.82) is 0 Å². The van der Waals surface area contributed by atoms with E-state index in [1.807, 2.05) is 43.7 Å². The van der Waals surface area contributed by atoms with E-state index in [9.17, 15) is 4.79 Å². The molecule has 0 saturated carbocycles. The lowest BCUT2D eigenvalue weighted by molar-refractivity contribution is -0.120. The summed E-state index contributed by atoms with van der Waals surface area (Å²) in [6.07, 6.45) is 3.43. The molecule has 3 aromatic rings. The van der Waals surface area contributed by atoms with Gasteiger partial charge < -0.3 is 9.88 Å². The maximum atomic E-state index is 12.6. The molecule has 0 aliphatic rings. The third-order valence-electron chi connectivity index (χ3n) is 4.19. The molecule has 146 valence electrons. The lowest BCUT2D eigenvalue weighted by atomic mass is 10.1. The summed E-state index contributed by atoms with van der Waals surface area (Å²) in [5.74, 6) is 0.582. The summed E-state index contributed by atoms with van der Waals surface area (Å²) in [7, 11) is 1.87. The van der Waals surface area contributed by atoms with Crippen LogP contribution in [0.3, 0.4) is 0 Å². The van der Waals surface area contributed by atoms with E-state index in [4.69, 9.17) is 23.2 Å². The molecular formula is C19H19Cl2N5OS. The van der Waals surface area contributed by atoms with E-state index in [0.29, 0.717) is 21.0 Å². The highest BCUT2D eigenvalue weighted by Gasteiger charge is 2.22. The van der Waals surface area contributed by atoms with Gasteiger partial charge in [0, 0.05) is 35.1 Å². The molecule has 2 unspecified atom stereocenters. The second kappa shape index (κ2) is 8.94. The van der Waals surface area contributed by atoms with Crippen molar-refractivity contribution in [2.75, 3.05) is 0 Å². The minimum atomic E-state index is -0.363. The van der Waals surface area contributed by atoms with Crippen LogP contribution in [0.5, 0.6) is 0 Å². The Morgan fingerprint density at radius 2 is 2.00 bits per heavy atom. The molecule has 0 fully saturated rings. The van der Waals surface area contributed by atoms with E-state index in [1.165, 1.54) is 11.8 Å². The highest BCUT2D eigenvalue weighted by molar-refractivity contribution is 8.00. The fourth-order valence-corrected chi connectivity index (χ4v) is 4.03. The molecule has 2 aromatic heterocycles. The van der Waals surface area contributed by atoms with Crippen LogP contribution in [0.1, 0.15) is 25.5 Å². The molecule has 2 heterocycles. The zero-order valence-corrected chi connectivity index (χ0v) is 17.9. The van der Waals surface area contributed by atoms with E-state index < -0.39 is 0 Å². The van der Waals surface area contributed by atoms with E-state index in [2.05, 4.69) is 20.5 Å². The third-order valence-corrected chi connectivity index (χ3v) is 5.89. The summed E-state index contributed by atoms with van der Waals surface area (Å²) in [5, 5.41) is 12.8. The molecule has 0 radical (unpaired) electrons. The number of nitrogens with zero attached hydrogens (tertiary/aromatic N) is 4. The number of hydrogen-bond acceptors (Lipinski definition) is 5. The maximum Gasteiger partial charge on any atom is 0.233 e. The van der Waals surface area contributed by atoms with E-state index in [0.717, 1.165) is 11.1 Å². The Hall–Kier alpha value is -2.09. The molecule has 28 heavy (non-hydrogen) atoms. The number of rotatable bonds is 6. The smallest absolute Gasteiger partial charge is 0.233 e. The van der Waals surface area contributed by atoms with Gasteiger partial charge in [0.15, 0.2) is 11.0 Å². The number of aromatic nitrogens is 4. The first-order chi connectivity index (χ1) is 13.4. The highest BCUT2D eigenvalue weighted by atomic mass is 35.5. The Bertz CT molecular complexity index is 980. The van der Waals surface area contributed by atoms with Gasteiger partial charge in [-0.05, 0) is 43.7 Å². The maximum absolute atomic E-state index is 12.6. The van der Waals surface area contributed by atoms with Crippen molar-refractivity contribution >= 4 is 40.9 Å². The Labute approximate surface area is 177 Å². The molecule has 1 aromatic carbocycles. The number of amides is 1. The van der Waals surface area contributed by atoms with Gasteiger partial charge in [0.05, 0.1) is 11.3 Å². The minimum Gasteiger partial charge on any atom is -0.349 e. The monoisotopic (exact) mass is 435 g/mol. The van der Waals surface area contributed by atoms with Crippen molar-refractivity contribution in [2.24, 2.45) is 7.05 Å². The Morgan fingerprint density at radius 1 is 1.21 bits per heavy atom. The summed E-state index contributed by atoms with van der Waals surface area (Å²) < 4.78 is 1.85. The normalized spacial score (nSPS) is 13.2. The van der Waals surface area contributed by atoms with Crippen molar-refractivity contribution in [3.05, 3.63) is 58.3 Å². The van der Waals surface area contributed by atoms with Gasteiger partial charge in [0.2, 0.25) is 5.91 Å². The number of nitrogens with one attached hydrogen (secondary N) is 1. The number of carbonyl (C=O) groups is 1. The molecule has 1 amide bonds. The predicted molar refractivity (Wildman–Crippen MR) is 113 cm³/mol. The molecule has 6 nitrogen and oxygen atoms in total. The molecule has 2 atom stereocenters. The second-order valence-electron chi connectivity index (χ2n) is 6.26. The molecule has 0 aliphatic heterocycles. The third kappa shape index (κ3) is 4.66. The first kappa shape index (κ1) is 20.6. The van der Waals surface area contributed by atoms with Crippen LogP contribution in [0.4, 0.5) is 0 Å². The first-order valence-corrected chi connectivity index (χ1v) is 10.2. The van der Waals surface area contributed by atoms with Crippen molar-refractivity contribution in [1.82, 2.24) is 25.1 Å². The number of pyridine rings is 1. The van der Waals surface area contributed by atoms with Gasteiger partial charge in [0.1, 0.15) is 0 Å². The Balaban J connectivity index is 1.67. The van der Waals surface area contributed by atoms with E-state index in [-0.39, 0.29) is 17.2 Å². The topological polar surface area (TPSA) is 72.7 Å². The number of hydrogen-bond donors (Lipinski definition) is 1. The molecular weight excluding hydrogens is 417 g/mol. The number of carbonyl (C=O) groups excluding carboxylic acids is 1. The Kier molecular flexibility index (Phi) is 6.59. The highest BCUT2D eigenvalue weighted by Crippen LogP contribution is 2.28. The largest absolute Gasteiger partial charge is 0.349 e. The quantitative estimate of drug-likeness (QED) is 0.575. The van der Waals surface area contributed by atoms with Gasteiger partial charge in [-0.1, -0.05) is 41.0 Å². The van der Waals surface area contributed by atoms with Crippen molar-refractivity contribution in [2.45, 2.75) is 30.3 Å². The predicted octanol–water partition coefficient (Wildman–Crippen LogP) is 4.54. The lowest BCUT2D eigenvalue weighted by Gasteiger charge is -2.18. The molecule has 3 rings (SSSR count). The van der Waals surface area contributed by atoms with E-state index >= 15 is 0 Å². The summed E-state index contributed by atoms with van der Waals surface area (Å²) in [6.45, 7) is 3.71. The van der Waals surface area contributed by atoms with Crippen molar-refractivity contribution in [3.8, 4) is 11.4 Å². The van der Waals surface area contributed by atoms with Crippen LogP contribution in [0.25, 0.3) is 11.4 Å². The molecule has 1 N–H and O–H groups in total. The molecule has 0 spiro atoms. The second-order valence-corrected chi connectivity index (χ2v) is 8.41. The zero-order valence-electron chi connectivity index (χ0n) is 15.6. The van der Waals surface area contributed by atoms with Gasteiger partial charge in [-0.3, -0.25) is 9.78 Å². The van der Waals surface area contributed by atoms with Crippen LogP contribution in [0, 0.1) is 0 Å². The van der Waals surface area contributed by atoms with Crippen molar-refractivity contribution < 1.29 is 4.79 Å². The van der Waals surface area contributed by atoms with Gasteiger partial charge >= 0.3 is 0 Å². The van der Waals surface area contributed by atoms with Crippen LogP contribution in [0.15, 0.2) is 47.9 Å². The van der Waals surface area contributed by atoms with Gasteiger partial charge in [-0.2, -0.15) is 0 Å². The molecule has 9 heteroatoms. The summed E-state index contributed by atoms with van der Waals surface area (Å²) in [4.78, 5) is 16.7. The summed E-state index contributed by atoms with van der Waals surface area (Å²) in [5.41, 5.74) is 1.68. The fourth-order valence-electron chi connectivity index (χ4n) is 2.64. The summed E-state index contributed by atoms with van der Waals surface area (Å²) in [6, 6.07) is 8.75. The van der Waals surface area contributed by atoms with Gasteiger partial charge in [-0.25, -0.2) is 0 Å². The lowest BCUT2D eigenvalue weighted by Crippen LogP contribution is -2.33. The number of halogens is 2. The standard InChI is InChI=1S/C19H19Cl2N5OS/c1-11(15-7-6-14(20)9-16(15)21)23-18(27)12(2)28-19-25-24-17(26(19)3)13-5-4-8-22-10-13/h4-12H,1-3H3,(H,23,27). The fraction of sp³-hybridized carbons (Fsp3) is 0.263. The minimum absolute atomic E-state index is 0.116. The summed E-state index contributed by atoms with van der Waals surface area (Å²) >= 11 is 13.5. The van der Waals surface area contributed by atoms with Crippen LogP contribution in [-0.2, 0) is 11.8 Å². The zero-order chi connectivity index (χ0) is 20.3. The molecule has 0 bridgehead atoms. The first-order valence-electron chi connectivity index (χ1n) is 8.58. The van der Waals surface area contributed by atoms with Crippen LogP contribution in [-0.4, -0.2) is 30.9 Å². The van der Waals surface area contributed by atoms with Crippen molar-refractivity contribution in [3.63, 3.8) is 0 Å². The average molecular weight is 436 g/mol. The SMILES string of the molecule is CC(Sc1nnc(-c2cccnc2)n1C)C(=O)NC(C)c1ccc(Cl)cc1Cl. The Morgan fingerprint density at radius 3 is 2.68 bits per heavy atom. The van der Waals surface area contributed by atoms with Crippen LogP contribution < -0.4 is 5.32 Å². The van der Waals surface area contributed by atoms with Gasteiger partial charge in [-0.15, -0.1) is 10.2 Å². The van der Waals surface area contributed by atoms with E-state index in [1.54, 1.807) is 24.5 Å². The van der Waals surface area contributed by atoms with Gasteiger partial charge in [0.25, 0.3) is 0 Å².